The van der Waals surface area contributed by atoms with E-state index in [1.807, 2.05) is 30.5 Å². The Bertz CT molecular complexity index is 966. The van der Waals surface area contributed by atoms with Crippen LogP contribution in [0.5, 0.6) is 17.2 Å². The first kappa shape index (κ1) is 17.5. The topological polar surface area (TPSA) is 43.8 Å². The van der Waals surface area contributed by atoms with E-state index in [9.17, 15) is 0 Å². The number of nitrogens with zero attached hydrogens (tertiary/aromatic N) is 2. The first-order chi connectivity index (χ1) is 13.2. The fourth-order valence-corrected chi connectivity index (χ4v) is 3.80. The lowest BCUT2D eigenvalue weighted by Crippen LogP contribution is -2.29. The molecule has 1 aliphatic heterocycles. The molecule has 0 saturated heterocycles. The molecule has 140 valence electrons. The van der Waals surface area contributed by atoms with E-state index in [1.54, 1.807) is 21.3 Å². The molecule has 2 heterocycles. The van der Waals surface area contributed by atoms with E-state index in [0.717, 1.165) is 59.6 Å². The fraction of sp³-hybridized carbons (Fsp3) is 0.318. The van der Waals surface area contributed by atoms with Crippen LogP contribution in [-0.2, 0) is 13.0 Å². The number of hydrogen-bond donors (Lipinski definition) is 0. The van der Waals surface area contributed by atoms with E-state index in [4.69, 9.17) is 14.2 Å². The van der Waals surface area contributed by atoms with Crippen molar-refractivity contribution in [2.75, 3.05) is 32.8 Å². The van der Waals surface area contributed by atoms with Gasteiger partial charge in [0.2, 0.25) is 0 Å². The molecule has 0 radical (unpaired) electrons. The van der Waals surface area contributed by atoms with Crippen LogP contribution in [0.3, 0.4) is 0 Å². The van der Waals surface area contributed by atoms with Gasteiger partial charge in [0.05, 0.1) is 32.5 Å². The maximum Gasteiger partial charge on any atom is 0.127 e. The molecule has 0 fully saturated rings. The van der Waals surface area contributed by atoms with E-state index in [2.05, 4.69) is 22.0 Å². The van der Waals surface area contributed by atoms with Crippen molar-refractivity contribution in [2.24, 2.45) is 0 Å². The predicted molar refractivity (Wildman–Crippen MR) is 107 cm³/mol. The van der Waals surface area contributed by atoms with Crippen LogP contribution in [0.15, 0.2) is 42.6 Å². The van der Waals surface area contributed by atoms with Crippen molar-refractivity contribution in [3.63, 3.8) is 0 Å². The Morgan fingerprint density at radius 1 is 0.963 bits per heavy atom. The lowest BCUT2D eigenvalue weighted by atomic mass is 9.99. The summed E-state index contributed by atoms with van der Waals surface area (Å²) in [5.41, 5.74) is 4.67. The van der Waals surface area contributed by atoms with Crippen LogP contribution in [0.1, 0.15) is 17.5 Å². The van der Waals surface area contributed by atoms with Crippen molar-refractivity contribution >= 4 is 16.6 Å². The van der Waals surface area contributed by atoms with Gasteiger partial charge in [-0.1, -0.05) is 0 Å². The fourth-order valence-electron chi connectivity index (χ4n) is 3.80. The molecule has 0 N–H and O–H groups in total. The van der Waals surface area contributed by atoms with Crippen LogP contribution in [0.4, 0.5) is 5.69 Å². The highest BCUT2D eigenvalue weighted by atomic mass is 16.5. The number of aryl methyl sites for hydroxylation is 1. The maximum atomic E-state index is 5.60. The number of aromatic nitrogens is 1. The van der Waals surface area contributed by atoms with Gasteiger partial charge in [-0.15, -0.1) is 0 Å². The molecule has 4 rings (SSSR count). The van der Waals surface area contributed by atoms with Gasteiger partial charge in [-0.25, -0.2) is 0 Å². The number of ether oxygens (including phenoxy) is 3. The van der Waals surface area contributed by atoms with Crippen LogP contribution in [0.25, 0.3) is 10.9 Å². The highest BCUT2D eigenvalue weighted by Gasteiger charge is 2.22. The monoisotopic (exact) mass is 364 g/mol. The quantitative estimate of drug-likeness (QED) is 0.678. The van der Waals surface area contributed by atoms with Crippen molar-refractivity contribution in [3.05, 3.63) is 53.7 Å². The zero-order chi connectivity index (χ0) is 18.8. The highest BCUT2D eigenvalue weighted by molar-refractivity contribution is 5.94. The van der Waals surface area contributed by atoms with E-state index in [-0.39, 0.29) is 0 Å². The summed E-state index contributed by atoms with van der Waals surface area (Å²) < 4.78 is 16.4. The van der Waals surface area contributed by atoms with Gasteiger partial charge in [-0.2, -0.15) is 0 Å². The van der Waals surface area contributed by atoms with Crippen molar-refractivity contribution in [3.8, 4) is 17.2 Å². The summed E-state index contributed by atoms with van der Waals surface area (Å²) in [6.45, 7) is 1.77. The smallest absolute Gasteiger partial charge is 0.127 e. The minimum Gasteiger partial charge on any atom is -0.497 e. The molecule has 0 amide bonds. The summed E-state index contributed by atoms with van der Waals surface area (Å²) in [4.78, 5) is 7.07. The summed E-state index contributed by atoms with van der Waals surface area (Å²) >= 11 is 0. The second-order valence-corrected chi connectivity index (χ2v) is 6.72. The molecule has 5 nitrogen and oxygen atoms in total. The lowest BCUT2D eigenvalue weighted by molar-refractivity contribution is 0.390. The molecule has 1 aromatic heterocycles. The van der Waals surface area contributed by atoms with Gasteiger partial charge < -0.3 is 19.1 Å². The lowest BCUT2D eigenvalue weighted by Gasteiger charge is -2.33. The Morgan fingerprint density at radius 3 is 2.52 bits per heavy atom. The molecule has 5 heteroatoms. The molecule has 3 aromatic rings. The van der Waals surface area contributed by atoms with Gasteiger partial charge >= 0.3 is 0 Å². The maximum absolute atomic E-state index is 5.60. The minimum absolute atomic E-state index is 0.774. The van der Waals surface area contributed by atoms with Crippen molar-refractivity contribution in [1.29, 1.82) is 0 Å². The summed E-state index contributed by atoms with van der Waals surface area (Å²) in [6, 6.07) is 12.1. The molecule has 0 bridgehead atoms. The Morgan fingerprint density at radius 2 is 1.74 bits per heavy atom. The molecular formula is C22H24N2O3. The minimum atomic E-state index is 0.774. The average Bonchev–Trinajstić information content (AvgIpc) is 2.73. The Kier molecular flexibility index (Phi) is 4.75. The zero-order valence-electron chi connectivity index (χ0n) is 16.0. The summed E-state index contributed by atoms with van der Waals surface area (Å²) in [5.74, 6) is 2.50. The number of rotatable bonds is 5. The number of fused-ring (bicyclic) bond motifs is 3. The van der Waals surface area contributed by atoms with Crippen molar-refractivity contribution in [1.82, 2.24) is 4.98 Å². The molecule has 0 unspecified atom stereocenters. The van der Waals surface area contributed by atoms with E-state index in [1.165, 1.54) is 11.3 Å². The van der Waals surface area contributed by atoms with E-state index >= 15 is 0 Å². The Labute approximate surface area is 159 Å². The van der Waals surface area contributed by atoms with Crippen LogP contribution in [0, 0.1) is 0 Å². The molecule has 0 spiro atoms. The van der Waals surface area contributed by atoms with Crippen molar-refractivity contribution in [2.45, 2.75) is 19.4 Å². The van der Waals surface area contributed by atoms with E-state index < -0.39 is 0 Å². The summed E-state index contributed by atoms with van der Waals surface area (Å²) in [5, 5.41) is 1.14. The molecular weight excluding hydrogens is 340 g/mol. The number of pyridine rings is 1. The predicted octanol–water partition coefficient (Wildman–Crippen LogP) is 4.21. The van der Waals surface area contributed by atoms with Gasteiger partial charge in [0.25, 0.3) is 0 Å². The van der Waals surface area contributed by atoms with Gasteiger partial charge in [-0.05, 0) is 48.7 Å². The molecule has 27 heavy (non-hydrogen) atoms. The van der Waals surface area contributed by atoms with Gasteiger partial charge in [0.15, 0.2) is 0 Å². The number of hydrogen-bond acceptors (Lipinski definition) is 5. The molecule has 1 aliphatic rings. The van der Waals surface area contributed by atoms with Crippen LogP contribution in [0.2, 0.25) is 0 Å². The Balaban J connectivity index is 1.78. The molecule has 2 aromatic carbocycles. The average molecular weight is 364 g/mol. The first-order valence-corrected chi connectivity index (χ1v) is 9.15. The van der Waals surface area contributed by atoms with Gasteiger partial charge in [-0.3, -0.25) is 4.98 Å². The third kappa shape index (κ3) is 3.25. The number of methoxy groups -OCH3 is 3. The first-order valence-electron chi connectivity index (χ1n) is 9.15. The molecule has 0 saturated carbocycles. The molecule has 0 aliphatic carbocycles. The normalized spacial score (nSPS) is 13.4. The van der Waals surface area contributed by atoms with Gasteiger partial charge in [0.1, 0.15) is 17.2 Å². The summed E-state index contributed by atoms with van der Waals surface area (Å²) in [6.07, 6.45) is 4.18. The third-order valence-electron chi connectivity index (χ3n) is 5.17. The van der Waals surface area contributed by atoms with Crippen LogP contribution < -0.4 is 19.1 Å². The van der Waals surface area contributed by atoms with Gasteiger partial charge in [0, 0.05) is 36.3 Å². The number of anilines is 1. The third-order valence-corrected chi connectivity index (χ3v) is 5.17. The largest absolute Gasteiger partial charge is 0.497 e. The highest BCUT2D eigenvalue weighted by Crippen LogP contribution is 2.37. The zero-order valence-corrected chi connectivity index (χ0v) is 16.0. The standard InChI is InChI=1S/C22H24N2O3/c1-25-17-8-9-20-19(11-17)22-15(13-23-20)5-4-10-24(22)14-16-6-7-18(26-2)12-21(16)27-3/h6-9,11-13H,4-5,10,14H2,1-3H3. The Hall–Kier alpha value is -2.95. The number of benzene rings is 2. The van der Waals surface area contributed by atoms with Crippen LogP contribution >= 0.6 is 0 Å². The van der Waals surface area contributed by atoms with Crippen molar-refractivity contribution < 1.29 is 14.2 Å². The van der Waals surface area contributed by atoms with E-state index in [0.29, 0.717) is 0 Å². The van der Waals surface area contributed by atoms with Crippen LogP contribution in [-0.4, -0.2) is 32.9 Å². The summed E-state index contributed by atoms with van der Waals surface area (Å²) in [7, 11) is 5.07. The second kappa shape index (κ2) is 7.35. The molecule has 0 atom stereocenters. The second-order valence-electron chi connectivity index (χ2n) is 6.72. The SMILES string of the molecule is COc1ccc(CN2CCCc3cnc4ccc(OC)cc4c32)c(OC)c1.